The summed E-state index contributed by atoms with van der Waals surface area (Å²) in [7, 11) is 1.55. The second-order valence-corrected chi connectivity index (χ2v) is 7.23. The van der Waals surface area contributed by atoms with Crippen molar-refractivity contribution >= 4 is 34.0 Å². The molecular formula is C23H19BrN2O4. The van der Waals surface area contributed by atoms with Gasteiger partial charge in [-0.1, -0.05) is 34.1 Å². The molecule has 0 saturated heterocycles. The van der Waals surface area contributed by atoms with Gasteiger partial charge in [0, 0.05) is 15.6 Å². The molecule has 0 bridgehead atoms. The van der Waals surface area contributed by atoms with Gasteiger partial charge in [0.15, 0.2) is 0 Å². The molecule has 3 rings (SSSR count). The predicted molar refractivity (Wildman–Crippen MR) is 118 cm³/mol. The van der Waals surface area contributed by atoms with Crippen molar-refractivity contribution in [1.29, 1.82) is 0 Å². The van der Waals surface area contributed by atoms with Gasteiger partial charge in [0.25, 0.3) is 5.91 Å². The average molecular weight is 467 g/mol. The van der Waals surface area contributed by atoms with Gasteiger partial charge in [-0.15, -0.1) is 0 Å². The SMILES string of the molecule is COc1ccc(C(=O)Oc2ccc(Br)cc2/C=N\NC(=O)c2ccccc2C)cc1. The molecule has 0 aliphatic rings. The third kappa shape index (κ3) is 5.33. The second-order valence-electron chi connectivity index (χ2n) is 6.31. The zero-order valence-electron chi connectivity index (χ0n) is 16.4. The molecule has 0 aliphatic heterocycles. The fourth-order valence-corrected chi connectivity index (χ4v) is 3.03. The van der Waals surface area contributed by atoms with Crippen molar-refractivity contribution in [1.82, 2.24) is 5.43 Å². The van der Waals surface area contributed by atoms with Crippen LogP contribution < -0.4 is 14.9 Å². The van der Waals surface area contributed by atoms with Crippen LogP contribution in [0.5, 0.6) is 11.5 Å². The lowest BCUT2D eigenvalue weighted by Gasteiger charge is -2.09. The summed E-state index contributed by atoms with van der Waals surface area (Å²) < 4.78 is 11.4. The zero-order valence-corrected chi connectivity index (χ0v) is 18.0. The summed E-state index contributed by atoms with van der Waals surface area (Å²) in [6.07, 6.45) is 1.43. The van der Waals surface area contributed by atoms with Crippen molar-refractivity contribution in [2.75, 3.05) is 7.11 Å². The second kappa shape index (κ2) is 9.84. The van der Waals surface area contributed by atoms with Gasteiger partial charge < -0.3 is 9.47 Å². The highest BCUT2D eigenvalue weighted by Gasteiger charge is 2.12. The number of carbonyl (C=O) groups excluding carboxylic acids is 2. The molecule has 1 N–H and O–H groups in total. The zero-order chi connectivity index (χ0) is 21.5. The highest BCUT2D eigenvalue weighted by Crippen LogP contribution is 2.23. The molecule has 30 heavy (non-hydrogen) atoms. The Hall–Kier alpha value is -3.45. The number of esters is 1. The van der Waals surface area contributed by atoms with Gasteiger partial charge in [0.1, 0.15) is 11.5 Å². The van der Waals surface area contributed by atoms with Gasteiger partial charge in [-0.05, 0) is 61.0 Å². The third-order valence-corrected chi connectivity index (χ3v) is 4.75. The molecule has 1 amide bonds. The molecule has 6 nitrogen and oxygen atoms in total. The van der Waals surface area contributed by atoms with Crippen LogP contribution in [0.2, 0.25) is 0 Å². The van der Waals surface area contributed by atoms with Crippen molar-refractivity contribution in [2.24, 2.45) is 5.10 Å². The summed E-state index contributed by atoms with van der Waals surface area (Å²) in [6.45, 7) is 1.85. The van der Waals surface area contributed by atoms with E-state index in [1.807, 2.05) is 19.1 Å². The van der Waals surface area contributed by atoms with E-state index in [0.717, 1.165) is 10.0 Å². The van der Waals surface area contributed by atoms with E-state index in [9.17, 15) is 9.59 Å². The Morgan fingerprint density at radius 1 is 1.03 bits per heavy atom. The third-order valence-electron chi connectivity index (χ3n) is 4.26. The average Bonchev–Trinajstić information content (AvgIpc) is 2.75. The van der Waals surface area contributed by atoms with Gasteiger partial charge in [-0.25, -0.2) is 10.2 Å². The summed E-state index contributed by atoms with van der Waals surface area (Å²) in [4.78, 5) is 24.8. The molecule has 0 atom stereocenters. The van der Waals surface area contributed by atoms with Crippen molar-refractivity contribution in [3.8, 4) is 11.5 Å². The topological polar surface area (TPSA) is 77.0 Å². The molecule has 7 heteroatoms. The Kier molecular flexibility index (Phi) is 6.98. The van der Waals surface area contributed by atoms with Crippen LogP contribution in [0.1, 0.15) is 31.8 Å². The smallest absolute Gasteiger partial charge is 0.343 e. The number of nitrogens with one attached hydrogen (secondary N) is 1. The Labute approximate surface area is 182 Å². The molecular weight excluding hydrogens is 448 g/mol. The van der Waals surface area contributed by atoms with E-state index in [1.54, 1.807) is 61.7 Å². The van der Waals surface area contributed by atoms with Crippen LogP contribution in [0.4, 0.5) is 0 Å². The number of methoxy groups -OCH3 is 1. The highest BCUT2D eigenvalue weighted by atomic mass is 79.9. The van der Waals surface area contributed by atoms with E-state index >= 15 is 0 Å². The molecule has 0 fully saturated rings. The number of halogens is 1. The summed E-state index contributed by atoms with van der Waals surface area (Å²) in [6, 6.07) is 19.0. The monoisotopic (exact) mass is 466 g/mol. The molecule has 3 aromatic rings. The highest BCUT2D eigenvalue weighted by molar-refractivity contribution is 9.10. The first kappa shape index (κ1) is 21.3. The van der Waals surface area contributed by atoms with E-state index in [4.69, 9.17) is 9.47 Å². The standard InChI is InChI=1S/C23H19BrN2O4/c1-15-5-3-4-6-20(15)22(27)26-25-14-17-13-18(24)9-12-21(17)30-23(28)16-7-10-19(29-2)11-8-16/h3-14H,1-2H3,(H,26,27)/b25-14-. The minimum absolute atomic E-state index is 0.313. The quantitative estimate of drug-likeness (QED) is 0.246. The minimum atomic E-state index is -0.515. The lowest BCUT2D eigenvalue weighted by atomic mass is 10.1. The molecule has 0 saturated carbocycles. The minimum Gasteiger partial charge on any atom is -0.497 e. The maximum atomic E-state index is 12.5. The van der Waals surface area contributed by atoms with Crippen LogP contribution in [0.25, 0.3) is 0 Å². The van der Waals surface area contributed by atoms with Crippen molar-refractivity contribution in [3.05, 3.63) is 93.5 Å². The molecule has 0 unspecified atom stereocenters. The summed E-state index contributed by atoms with van der Waals surface area (Å²) in [5.41, 5.74) is 4.79. The summed E-state index contributed by atoms with van der Waals surface area (Å²) >= 11 is 3.39. The van der Waals surface area contributed by atoms with E-state index in [1.165, 1.54) is 6.21 Å². The van der Waals surface area contributed by atoms with Crippen molar-refractivity contribution in [2.45, 2.75) is 6.92 Å². The van der Waals surface area contributed by atoms with E-state index in [-0.39, 0.29) is 5.91 Å². The first-order valence-corrected chi connectivity index (χ1v) is 9.82. The number of hydrogen-bond acceptors (Lipinski definition) is 5. The largest absolute Gasteiger partial charge is 0.497 e. The molecule has 0 spiro atoms. The Morgan fingerprint density at radius 2 is 1.77 bits per heavy atom. The van der Waals surface area contributed by atoms with Crippen LogP contribution in [0.15, 0.2) is 76.3 Å². The molecule has 0 aromatic heterocycles. The van der Waals surface area contributed by atoms with Crippen LogP contribution in [-0.4, -0.2) is 25.2 Å². The molecule has 0 aliphatic carbocycles. The number of carbonyl (C=O) groups is 2. The first-order valence-electron chi connectivity index (χ1n) is 9.03. The Balaban J connectivity index is 1.74. The van der Waals surface area contributed by atoms with Gasteiger partial charge in [-0.2, -0.15) is 5.10 Å². The summed E-state index contributed by atoms with van der Waals surface area (Å²) in [5.74, 6) is 0.120. The number of benzene rings is 3. The number of hydrogen-bond donors (Lipinski definition) is 1. The molecule has 0 heterocycles. The van der Waals surface area contributed by atoms with E-state index in [0.29, 0.717) is 28.2 Å². The molecule has 3 aromatic carbocycles. The Morgan fingerprint density at radius 3 is 2.47 bits per heavy atom. The lowest BCUT2D eigenvalue weighted by Crippen LogP contribution is -2.18. The van der Waals surface area contributed by atoms with Gasteiger partial charge in [-0.3, -0.25) is 4.79 Å². The van der Waals surface area contributed by atoms with Gasteiger partial charge in [0.05, 0.1) is 18.9 Å². The van der Waals surface area contributed by atoms with E-state index in [2.05, 4.69) is 26.5 Å². The van der Waals surface area contributed by atoms with Crippen LogP contribution >= 0.6 is 15.9 Å². The van der Waals surface area contributed by atoms with Crippen LogP contribution in [-0.2, 0) is 0 Å². The maximum absolute atomic E-state index is 12.5. The van der Waals surface area contributed by atoms with Crippen molar-refractivity contribution < 1.29 is 19.1 Å². The molecule has 0 radical (unpaired) electrons. The van der Waals surface area contributed by atoms with E-state index < -0.39 is 5.97 Å². The van der Waals surface area contributed by atoms with Gasteiger partial charge in [0.2, 0.25) is 0 Å². The van der Waals surface area contributed by atoms with Crippen LogP contribution in [0, 0.1) is 6.92 Å². The number of hydrazone groups is 1. The number of rotatable bonds is 6. The molecule has 152 valence electrons. The summed E-state index contributed by atoms with van der Waals surface area (Å²) in [5, 5.41) is 4.01. The van der Waals surface area contributed by atoms with Gasteiger partial charge >= 0.3 is 5.97 Å². The number of aryl methyl sites for hydroxylation is 1. The Bertz CT molecular complexity index is 1090. The number of nitrogens with zero attached hydrogens (tertiary/aromatic N) is 1. The lowest BCUT2D eigenvalue weighted by molar-refractivity contribution is 0.0734. The fraction of sp³-hybridized carbons (Fsp3) is 0.0870. The number of ether oxygens (including phenoxy) is 2. The maximum Gasteiger partial charge on any atom is 0.343 e. The van der Waals surface area contributed by atoms with Crippen LogP contribution in [0.3, 0.4) is 0 Å². The predicted octanol–water partition coefficient (Wildman–Crippen LogP) is 4.75. The fourth-order valence-electron chi connectivity index (χ4n) is 2.65. The number of amides is 1. The first-order chi connectivity index (χ1) is 14.5. The normalized spacial score (nSPS) is 10.6. The van der Waals surface area contributed by atoms with Crippen molar-refractivity contribution in [3.63, 3.8) is 0 Å².